The molecule has 7 heteroatoms. The maximum Gasteiger partial charge on any atom is 0.416 e. The first-order chi connectivity index (χ1) is 13.2. The minimum Gasteiger partial charge on any atom is -0.348 e. The highest BCUT2D eigenvalue weighted by molar-refractivity contribution is 7.15. The highest BCUT2D eigenvalue weighted by atomic mass is 32.1. The van der Waals surface area contributed by atoms with Crippen LogP contribution in [0, 0.1) is 6.92 Å². The Kier molecular flexibility index (Phi) is 5.84. The van der Waals surface area contributed by atoms with Crippen LogP contribution in [-0.4, -0.2) is 10.9 Å². The molecule has 1 unspecified atom stereocenters. The fourth-order valence-electron chi connectivity index (χ4n) is 2.87. The summed E-state index contributed by atoms with van der Waals surface area (Å²) < 4.78 is 37.9. The fraction of sp³-hybridized carbons (Fsp3) is 0.238. The Hall–Kier alpha value is -2.67. The first kappa shape index (κ1) is 20.1. The second-order valence-corrected chi connectivity index (χ2v) is 7.53. The van der Waals surface area contributed by atoms with Gasteiger partial charge in [-0.2, -0.15) is 13.2 Å². The molecule has 0 saturated heterocycles. The number of carbonyl (C=O) groups is 1. The van der Waals surface area contributed by atoms with Crippen molar-refractivity contribution in [2.75, 3.05) is 0 Å². The van der Waals surface area contributed by atoms with Gasteiger partial charge >= 0.3 is 6.18 Å². The van der Waals surface area contributed by atoms with Gasteiger partial charge in [-0.3, -0.25) is 4.79 Å². The van der Waals surface area contributed by atoms with Gasteiger partial charge in [-0.1, -0.05) is 42.5 Å². The highest BCUT2D eigenvalue weighted by Crippen LogP contribution is 2.32. The maximum absolute atomic E-state index is 12.6. The molecule has 146 valence electrons. The topological polar surface area (TPSA) is 42.0 Å². The first-order valence-electron chi connectivity index (χ1n) is 8.72. The van der Waals surface area contributed by atoms with Crippen molar-refractivity contribution in [3.05, 3.63) is 76.3 Å². The monoisotopic (exact) mass is 404 g/mol. The van der Waals surface area contributed by atoms with Crippen molar-refractivity contribution >= 4 is 17.2 Å². The number of aryl methyl sites for hydroxylation is 1. The van der Waals surface area contributed by atoms with Crippen LogP contribution in [0.5, 0.6) is 0 Å². The van der Waals surface area contributed by atoms with Crippen LogP contribution in [-0.2, 0) is 17.4 Å². The number of thiazole rings is 1. The van der Waals surface area contributed by atoms with Gasteiger partial charge in [0.15, 0.2) is 0 Å². The third-order valence-corrected chi connectivity index (χ3v) is 5.66. The number of benzene rings is 2. The fourth-order valence-corrected chi connectivity index (χ4v) is 3.94. The zero-order chi connectivity index (χ0) is 20.3. The molecule has 2 aromatic carbocycles. The van der Waals surface area contributed by atoms with Crippen LogP contribution in [0.3, 0.4) is 0 Å². The van der Waals surface area contributed by atoms with Gasteiger partial charge in [-0.15, -0.1) is 11.3 Å². The summed E-state index contributed by atoms with van der Waals surface area (Å²) in [6, 6.07) is 14.2. The Morgan fingerprint density at radius 3 is 2.36 bits per heavy atom. The Bertz CT molecular complexity index is 950. The number of nitrogens with zero attached hydrogens (tertiary/aromatic N) is 1. The van der Waals surface area contributed by atoms with E-state index in [4.69, 9.17) is 0 Å². The lowest BCUT2D eigenvalue weighted by atomic mass is 10.1. The summed E-state index contributed by atoms with van der Waals surface area (Å²) in [4.78, 5) is 17.9. The minimum absolute atomic E-state index is 0.0197. The molecule has 0 aliphatic heterocycles. The van der Waals surface area contributed by atoms with E-state index in [1.54, 1.807) is 0 Å². The van der Waals surface area contributed by atoms with Crippen LogP contribution in [0.2, 0.25) is 0 Å². The number of hydrogen-bond acceptors (Lipinski definition) is 3. The van der Waals surface area contributed by atoms with Crippen LogP contribution < -0.4 is 5.32 Å². The van der Waals surface area contributed by atoms with Crippen LogP contribution in [0.1, 0.15) is 34.7 Å². The van der Waals surface area contributed by atoms with Gasteiger partial charge in [0.2, 0.25) is 5.91 Å². The Labute approximate surface area is 165 Å². The van der Waals surface area contributed by atoms with Crippen LogP contribution in [0.25, 0.3) is 10.6 Å². The quantitative estimate of drug-likeness (QED) is 0.605. The van der Waals surface area contributed by atoms with Crippen molar-refractivity contribution in [3.63, 3.8) is 0 Å². The molecule has 1 atom stereocenters. The van der Waals surface area contributed by atoms with E-state index < -0.39 is 11.7 Å². The van der Waals surface area contributed by atoms with Crippen molar-refractivity contribution in [2.45, 2.75) is 32.5 Å². The summed E-state index contributed by atoms with van der Waals surface area (Å²) in [5.41, 5.74) is 1.68. The smallest absolute Gasteiger partial charge is 0.348 e. The number of rotatable bonds is 5. The summed E-state index contributed by atoms with van der Waals surface area (Å²) in [6.45, 7) is 3.77. The standard InChI is InChI=1S/C21H19F3N2OS/c1-13(19-14(2)26-20(28-19)16-6-4-3-5-7-16)25-18(27)12-15-8-10-17(11-9-15)21(22,23)24/h3-11,13H,12H2,1-2H3,(H,25,27). The molecule has 0 aliphatic carbocycles. The van der Waals surface area contributed by atoms with E-state index in [2.05, 4.69) is 10.3 Å². The largest absolute Gasteiger partial charge is 0.416 e. The van der Waals surface area contributed by atoms with Crippen molar-refractivity contribution in [1.29, 1.82) is 0 Å². The van der Waals surface area contributed by atoms with Crippen molar-refractivity contribution in [2.24, 2.45) is 0 Å². The number of carbonyl (C=O) groups excluding carboxylic acids is 1. The molecular weight excluding hydrogens is 385 g/mol. The third kappa shape index (κ3) is 4.78. The highest BCUT2D eigenvalue weighted by Gasteiger charge is 2.30. The summed E-state index contributed by atoms with van der Waals surface area (Å²) in [6.07, 6.45) is -4.36. The minimum atomic E-state index is -4.38. The molecule has 1 amide bonds. The number of nitrogens with one attached hydrogen (secondary N) is 1. The number of alkyl halides is 3. The molecule has 0 aliphatic rings. The Morgan fingerprint density at radius 2 is 1.75 bits per heavy atom. The summed E-state index contributed by atoms with van der Waals surface area (Å²) in [5, 5.41) is 3.79. The predicted octanol–water partition coefficient (Wildman–Crippen LogP) is 5.56. The SMILES string of the molecule is Cc1nc(-c2ccccc2)sc1C(C)NC(=O)Cc1ccc(C(F)(F)F)cc1. The van der Waals surface area contributed by atoms with E-state index in [-0.39, 0.29) is 18.4 Å². The molecule has 0 bridgehead atoms. The first-order valence-corrected chi connectivity index (χ1v) is 9.54. The molecule has 3 aromatic rings. The van der Waals surface area contributed by atoms with E-state index in [1.165, 1.54) is 23.5 Å². The lowest BCUT2D eigenvalue weighted by Gasteiger charge is -2.13. The van der Waals surface area contributed by atoms with Crippen molar-refractivity contribution < 1.29 is 18.0 Å². The van der Waals surface area contributed by atoms with Crippen LogP contribution in [0.4, 0.5) is 13.2 Å². The molecule has 0 saturated carbocycles. The lowest BCUT2D eigenvalue weighted by Crippen LogP contribution is -2.28. The van der Waals surface area contributed by atoms with Gasteiger partial charge in [0, 0.05) is 5.56 Å². The predicted molar refractivity (Wildman–Crippen MR) is 104 cm³/mol. The molecule has 1 N–H and O–H groups in total. The summed E-state index contributed by atoms with van der Waals surface area (Å²) in [5.74, 6) is -0.249. The molecular formula is C21H19F3N2OS. The van der Waals surface area contributed by atoms with Gasteiger partial charge < -0.3 is 5.32 Å². The Balaban J connectivity index is 1.65. The van der Waals surface area contributed by atoms with E-state index >= 15 is 0 Å². The maximum atomic E-state index is 12.6. The Morgan fingerprint density at radius 1 is 1.11 bits per heavy atom. The van der Waals surface area contributed by atoms with Gasteiger partial charge in [0.25, 0.3) is 0 Å². The second kappa shape index (κ2) is 8.14. The molecule has 0 radical (unpaired) electrons. The van der Waals surface area contributed by atoms with Gasteiger partial charge in [-0.05, 0) is 31.5 Å². The second-order valence-electron chi connectivity index (χ2n) is 6.50. The molecule has 28 heavy (non-hydrogen) atoms. The molecule has 0 fully saturated rings. The van der Waals surface area contributed by atoms with E-state index in [0.29, 0.717) is 5.56 Å². The lowest BCUT2D eigenvalue weighted by molar-refractivity contribution is -0.137. The number of hydrogen-bond donors (Lipinski definition) is 1. The van der Waals surface area contributed by atoms with Crippen molar-refractivity contribution in [3.8, 4) is 10.6 Å². The molecule has 0 spiro atoms. The zero-order valence-electron chi connectivity index (χ0n) is 15.4. The normalized spacial score (nSPS) is 12.6. The van der Waals surface area contributed by atoms with Gasteiger partial charge in [0.05, 0.1) is 28.6 Å². The van der Waals surface area contributed by atoms with E-state index in [0.717, 1.165) is 33.3 Å². The van der Waals surface area contributed by atoms with E-state index in [9.17, 15) is 18.0 Å². The third-order valence-electron chi connectivity index (χ3n) is 4.27. The van der Waals surface area contributed by atoms with Gasteiger partial charge in [0.1, 0.15) is 5.01 Å². The van der Waals surface area contributed by atoms with Crippen LogP contribution in [0.15, 0.2) is 54.6 Å². The van der Waals surface area contributed by atoms with Crippen LogP contribution >= 0.6 is 11.3 Å². The molecule has 3 rings (SSSR count). The average Bonchev–Trinajstić information content (AvgIpc) is 3.04. The number of aromatic nitrogens is 1. The molecule has 1 aromatic heterocycles. The number of halogens is 3. The zero-order valence-corrected chi connectivity index (χ0v) is 16.2. The molecule has 3 nitrogen and oxygen atoms in total. The van der Waals surface area contributed by atoms with Gasteiger partial charge in [-0.25, -0.2) is 4.98 Å². The van der Waals surface area contributed by atoms with Crippen molar-refractivity contribution in [1.82, 2.24) is 10.3 Å². The number of amides is 1. The molecule has 1 heterocycles. The summed E-state index contributed by atoms with van der Waals surface area (Å²) >= 11 is 1.52. The average molecular weight is 404 g/mol. The summed E-state index contributed by atoms with van der Waals surface area (Å²) in [7, 11) is 0. The van der Waals surface area contributed by atoms with E-state index in [1.807, 2.05) is 44.2 Å².